The van der Waals surface area contributed by atoms with Gasteiger partial charge >= 0.3 is 0 Å². The number of rotatable bonds is 5. The van der Waals surface area contributed by atoms with E-state index in [2.05, 4.69) is 10.3 Å². The number of hydrogen-bond donors (Lipinski definition) is 1. The van der Waals surface area contributed by atoms with Gasteiger partial charge < -0.3 is 5.32 Å². The normalized spacial score (nSPS) is 24.9. The number of thiazole rings is 1. The molecule has 1 N–H and O–H groups in total. The lowest BCUT2D eigenvalue weighted by Crippen LogP contribution is -2.42. The minimum absolute atomic E-state index is 0.380. The van der Waals surface area contributed by atoms with Crippen LogP contribution in [0, 0.1) is 12.8 Å². The van der Waals surface area contributed by atoms with Gasteiger partial charge in [-0.2, -0.15) is 4.31 Å². The number of nitrogens with zero attached hydrogens (tertiary/aromatic N) is 2. The SMILES string of the molecule is Cc1ncc(S(=O)(=O)N2CCCC(CNC3CC3)C2)s1. The van der Waals surface area contributed by atoms with Crippen LogP contribution in [0.15, 0.2) is 10.4 Å². The first-order valence-electron chi connectivity index (χ1n) is 7.21. The highest BCUT2D eigenvalue weighted by Crippen LogP contribution is 2.27. The van der Waals surface area contributed by atoms with Crippen molar-refractivity contribution in [1.29, 1.82) is 0 Å². The molecule has 1 aromatic heterocycles. The zero-order valence-electron chi connectivity index (χ0n) is 11.7. The smallest absolute Gasteiger partial charge is 0.254 e. The van der Waals surface area contributed by atoms with E-state index in [0.717, 1.165) is 24.4 Å². The number of hydrogen-bond acceptors (Lipinski definition) is 5. The highest BCUT2D eigenvalue weighted by molar-refractivity contribution is 7.91. The van der Waals surface area contributed by atoms with Crippen LogP contribution in [0.3, 0.4) is 0 Å². The number of aromatic nitrogens is 1. The maximum absolute atomic E-state index is 12.6. The van der Waals surface area contributed by atoms with Gasteiger partial charge in [0.2, 0.25) is 0 Å². The molecule has 7 heteroatoms. The van der Waals surface area contributed by atoms with E-state index in [1.54, 1.807) is 4.31 Å². The van der Waals surface area contributed by atoms with Gasteiger partial charge in [-0.25, -0.2) is 13.4 Å². The zero-order valence-corrected chi connectivity index (χ0v) is 13.3. The van der Waals surface area contributed by atoms with Crippen molar-refractivity contribution in [2.45, 2.75) is 42.9 Å². The van der Waals surface area contributed by atoms with Crippen LogP contribution in [0.1, 0.15) is 30.7 Å². The van der Waals surface area contributed by atoms with Crippen LogP contribution in [0.4, 0.5) is 0 Å². The number of aryl methyl sites for hydroxylation is 1. The molecule has 20 heavy (non-hydrogen) atoms. The van der Waals surface area contributed by atoms with Crippen molar-refractivity contribution >= 4 is 21.4 Å². The second-order valence-electron chi connectivity index (χ2n) is 5.75. The maximum Gasteiger partial charge on any atom is 0.254 e. The first-order chi connectivity index (χ1) is 9.55. The van der Waals surface area contributed by atoms with Crippen LogP contribution in [0.25, 0.3) is 0 Å². The molecule has 0 spiro atoms. The molecular weight excluding hydrogens is 294 g/mol. The number of piperidine rings is 1. The van der Waals surface area contributed by atoms with E-state index in [9.17, 15) is 8.42 Å². The van der Waals surface area contributed by atoms with Crippen molar-refractivity contribution in [1.82, 2.24) is 14.6 Å². The number of nitrogens with one attached hydrogen (secondary N) is 1. The summed E-state index contributed by atoms with van der Waals surface area (Å²) in [4.78, 5) is 4.06. The van der Waals surface area contributed by atoms with Crippen molar-refractivity contribution < 1.29 is 8.42 Å². The first kappa shape index (κ1) is 14.4. The summed E-state index contributed by atoms with van der Waals surface area (Å²) < 4.78 is 27.2. The van der Waals surface area contributed by atoms with Gasteiger partial charge in [-0.15, -0.1) is 11.3 Å². The minimum atomic E-state index is -3.34. The molecule has 0 aromatic carbocycles. The summed E-state index contributed by atoms with van der Waals surface area (Å²) in [5.74, 6) is 0.438. The summed E-state index contributed by atoms with van der Waals surface area (Å²) in [5.41, 5.74) is 0. The largest absolute Gasteiger partial charge is 0.314 e. The van der Waals surface area contributed by atoms with Crippen LogP contribution in [0.2, 0.25) is 0 Å². The Morgan fingerprint density at radius 2 is 2.25 bits per heavy atom. The molecule has 5 nitrogen and oxygen atoms in total. The van der Waals surface area contributed by atoms with Crippen LogP contribution >= 0.6 is 11.3 Å². The van der Waals surface area contributed by atoms with Crippen LogP contribution in [0.5, 0.6) is 0 Å². The Morgan fingerprint density at radius 3 is 2.90 bits per heavy atom. The average molecular weight is 315 g/mol. The molecule has 0 amide bonds. The van der Waals surface area contributed by atoms with E-state index in [4.69, 9.17) is 0 Å². The van der Waals surface area contributed by atoms with E-state index in [1.165, 1.54) is 30.4 Å². The molecule has 1 atom stereocenters. The Labute approximate surface area is 124 Å². The minimum Gasteiger partial charge on any atom is -0.314 e. The summed E-state index contributed by atoms with van der Waals surface area (Å²) in [5, 5.41) is 4.31. The Balaban J connectivity index is 1.65. The van der Waals surface area contributed by atoms with Gasteiger partial charge in [0, 0.05) is 19.1 Å². The molecule has 0 bridgehead atoms. The topological polar surface area (TPSA) is 62.3 Å². The molecule has 2 fully saturated rings. The third-order valence-corrected chi connectivity index (χ3v) is 7.16. The molecule has 1 unspecified atom stereocenters. The second-order valence-corrected chi connectivity index (χ2v) is 9.15. The van der Waals surface area contributed by atoms with Gasteiger partial charge in [-0.05, 0) is 45.1 Å². The molecule has 3 rings (SSSR count). The highest BCUT2D eigenvalue weighted by atomic mass is 32.2. The van der Waals surface area contributed by atoms with Crippen LogP contribution in [-0.4, -0.2) is 43.4 Å². The molecule has 2 heterocycles. The van der Waals surface area contributed by atoms with Gasteiger partial charge in [0.15, 0.2) is 4.21 Å². The summed E-state index contributed by atoms with van der Waals surface area (Å²) in [7, 11) is -3.34. The zero-order chi connectivity index (χ0) is 14.2. The fourth-order valence-electron chi connectivity index (χ4n) is 2.62. The maximum atomic E-state index is 12.6. The predicted octanol–water partition coefficient (Wildman–Crippen LogP) is 1.60. The lowest BCUT2D eigenvalue weighted by Gasteiger charge is -2.31. The van der Waals surface area contributed by atoms with Gasteiger partial charge in [0.1, 0.15) is 0 Å². The third-order valence-electron chi connectivity index (χ3n) is 3.95. The van der Waals surface area contributed by atoms with E-state index < -0.39 is 10.0 Å². The molecule has 1 aliphatic heterocycles. The summed E-state index contributed by atoms with van der Waals surface area (Å²) >= 11 is 1.26. The lowest BCUT2D eigenvalue weighted by atomic mass is 10.00. The van der Waals surface area contributed by atoms with Crippen molar-refractivity contribution in [2.75, 3.05) is 19.6 Å². The fourth-order valence-corrected chi connectivity index (χ4v) is 5.44. The summed E-state index contributed by atoms with van der Waals surface area (Å²) in [6.07, 6.45) is 6.10. The van der Waals surface area contributed by atoms with Crippen molar-refractivity contribution in [3.63, 3.8) is 0 Å². The Bertz CT molecular complexity index is 566. The second kappa shape index (κ2) is 5.71. The summed E-state index contributed by atoms with van der Waals surface area (Å²) in [6.45, 7) is 4.05. The van der Waals surface area contributed by atoms with Crippen LogP contribution in [-0.2, 0) is 10.0 Å². The van der Waals surface area contributed by atoms with E-state index >= 15 is 0 Å². The lowest BCUT2D eigenvalue weighted by molar-refractivity contribution is 0.260. The Morgan fingerprint density at radius 1 is 1.45 bits per heavy atom. The van der Waals surface area contributed by atoms with Gasteiger partial charge in [0.05, 0.1) is 11.2 Å². The molecule has 112 valence electrons. The molecular formula is C13H21N3O2S2. The standard InChI is InChI=1S/C13H21N3O2S2/c1-10-14-8-13(19-10)20(17,18)16-6-2-3-11(9-16)7-15-12-4-5-12/h8,11-12,15H,2-7,9H2,1H3. The molecule has 1 aromatic rings. The molecule has 2 aliphatic rings. The van der Waals surface area contributed by atoms with Crippen molar-refractivity contribution in [3.8, 4) is 0 Å². The molecule has 1 saturated heterocycles. The number of sulfonamides is 1. The van der Waals surface area contributed by atoms with Gasteiger partial charge in [-0.1, -0.05) is 0 Å². The highest BCUT2D eigenvalue weighted by Gasteiger charge is 2.32. The van der Waals surface area contributed by atoms with E-state index in [1.807, 2.05) is 6.92 Å². The average Bonchev–Trinajstić information content (AvgIpc) is 3.16. The summed E-state index contributed by atoms with van der Waals surface area (Å²) in [6, 6.07) is 0.686. The first-order valence-corrected chi connectivity index (χ1v) is 9.47. The van der Waals surface area contributed by atoms with Gasteiger partial charge in [-0.3, -0.25) is 0 Å². The quantitative estimate of drug-likeness (QED) is 0.896. The third kappa shape index (κ3) is 3.21. The van der Waals surface area contributed by atoms with E-state index in [-0.39, 0.29) is 0 Å². The van der Waals surface area contributed by atoms with E-state index in [0.29, 0.717) is 29.3 Å². The van der Waals surface area contributed by atoms with Gasteiger partial charge in [0.25, 0.3) is 10.0 Å². The molecule has 1 aliphatic carbocycles. The Kier molecular flexibility index (Phi) is 4.12. The Hall–Kier alpha value is -0.500. The molecule has 1 saturated carbocycles. The van der Waals surface area contributed by atoms with Crippen molar-refractivity contribution in [3.05, 3.63) is 11.2 Å². The van der Waals surface area contributed by atoms with Crippen molar-refractivity contribution in [2.24, 2.45) is 5.92 Å². The monoisotopic (exact) mass is 315 g/mol. The fraction of sp³-hybridized carbons (Fsp3) is 0.769. The predicted molar refractivity (Wildman–Crippen MR) is 79.4 cm³/mol. The van der Waals surface area contributed by atoms with Crippen LogP contribution < -0.4 is 5.32 Å². The molecule has 0 radical (unpaired) electrons.